The van der Waals surface area contributed by atoms with E-state index in [1.807, 2.05) is 66.8 Å². The Bertz CT molecular complexity index is 541. The van der Waals surface area contributed by atoms with E-state index in [2.05, 4.69) is 6.58 Å². The number of rotatable bonds is 4. The van der Waals surface area contributed by atoms with Crippen molar-refractivity contribution in [1.82, 2.24) is 0 Å². The molecule has 0 saturated heterocycles. The van der Waals surface area contributed by atoms with Crippen LogP contribution in [0.1, 0.15) is 17.0 Å². The molecule has 1 nitrogen and oxygen atoms in total. The summed E-state index contributed by atoms with van der Waals surface area (Å²) in [5, 5.41) is 9.83. The van der Waals surface area contributed by atoms with Crippen molar-refractivity contribution in [3.05, 3.63) is 84.5 Å². The van der Waals surface area contributed by atoms with Crippen molar-refractivity contribution < 1.29 is 5.11 Å². The van der Waals surface area contributed by atoms with Crippen LogP contribution in [0.25, 0.3) is 6.08 Å². The SMILES string of the molecule is C=CC(C=Cc1ccccc1)c1ccccc1O. The van der Waals surface area contributed by atoms with Crippen LogP contribution < -0.4 is 0 Å². The molecule has 1 atom stereocenters. The van der Waals surface area contributed by atoms with E-state index >= 15 is 0 Å². The van der Waals surface area contributed by atoms with Gasteiger partial charge in [-0.2, -0.15) is 0 Å². The Morgan fingerprint density at radius 1 is 0.944 bits per heavy atom. The molecule has 2 aromatic rings. The van der Waals surface area contributed by atoms with E-state index in [9.17, 15) is 5.11 Å². The third-order valence-electron chi connectivity index (χ3n) is 2.85. The lowest BCUT2D eigenvalue weighted by molar-refractivity contribution is 0.468. The fourth-order valence-corrected chi connectivity index (χ4v) is 1.86. The molecule has 2 aromatic carbocycles. The molecule has 0 amide bonds. The summed E-state index contributed by atoms with van der Waals surface area (Å²) in [7, 11) is 0. The van der Waals surface area contributed by atoms with E-state index in [0.717, 1.165) is 11.1 Å². The van der Waals surface area contributed by atoms with Gasteiger partial charge in [0, 0.05) is 11.5 Å². The number of allylic oxidation sites excluding steroid dienone is 2. The molecule has 0 aromatic heterocycles. The number of para-hydroxylation sites is 1. The molecule has 1 heteroatoms. The maximum Gasteiger partial charge on any atom is 0.119 e. The molecule has 0 bridgehead atoms. The largest absolute Gasteiger partial charge is 0.508 e. The predicted molar refractivity (Wildman–Crippen MR) is 76.5 cm³/mol. The smallest absolute Gasteiger partial charge is 0.119 e. The van der Waals surface area contributed by atoms with Crippen LogP contribution in [-0.2, 0) is 0 Å². The molecular weight excluding hydrogens is 220 g/mol. The summed E-state index contributed by atoms with van der Waals surface area (Å²) < 4.78 is 0. The molecular formula is C17H16O. The van der Waals surface area contributed by atoms with Gasteiger partial charge in [0.15, 0.2) is 0 Å². The van der Waals surface area contributed by atoms with Crippen LogP contribution in [0.5, 0.6) is 5.75 Å². The van der Waals surface area contributed by atoms with Crippen molar-refractivity contribution in [2.24, 2.45) is 0 Å². The third kappa shape index (κ3) is 2.89. The predicted octanol–water partition coefficient (Wildman–Crippen LogP) is 4.38. The zero-order valence-electron chi connectivity index (χ0n) is 10.2. The first-order valence-electron chi connectivity index (χ1n) is 5.95. The molecule has 0 aliphatic rings. The van der Waals surface area contributed by atoms with Crippen molar-refractivity contribution in [2.45, 2.75) is 5.92 Å². The van der Waals surface area contributed by atoms with Gasteiger partial charge in [-0.1, -0.05) is 66.8 Å². The van der Waals surface area contributed by atoms with E-state index in [1.54, 1.807) is 6.07 Å². The Kier molecular flexibility index (Phi) is 3.98. The molecule has 0 heterocycles. The van der Waals surface area contributed by atoms with Crippen molar-refractivity contribution in [3.63, 3.8) is 0 Å². The number of phenols is 1. The second-order valence-electron chi connectivity index (χ2n) is 4.09. The van der Waals surface area contributed by atoms with E-state index in [1.165, 1.54) is 0 Å². The Balaban J connectivity index is 2.23. The first-order valence-corrected chi connectivity index (χ1v) is 5.95. The van der Waals surface area contributed by atoms with Gasteiger partial charge >= 0.3 is 0 Å². The number of benzene rings is 2. The summed E-state index contributed by atoms with van der Waals surface area (Å²) in [6.45, 7) is 3.83. The van der Waals surface area contributed by atoms with Gasteiger partial charge in [0.25, 0.3) is 0 Å². The minimum absolute atomic E-state index is 0.0198. The molecule has 2 rings (SSSR count). The zero-order chi connectivity index (χ0) is 12.8. The highest BCUT2D eigenvalue weighted by atomic mass is 16.3. The van der Waals surface area contributed by atoms with Gasteiger partial charge < -0.3 is 5.11 Å². The van der Waals surface area contributed by atoms with Crippen molar-refractivity contribution >= 4 is 6.08 Å². The number of aromatic hydroxyl groups is 1. The standard InChI is InChI=1S/C17H16O/c1-2-15(16-10-6-7-11-17(16)18)13-12-14-8-4-3-5-9-14/h2-13,15,18H,1H2. The monoisotopic (exact) mass is 236 g/mol. The average Bonchev–Trinajstić information content (AvgIpc) is 2.42. The Morgan fingerprint density at radius 3 is 2.28 bits per heavy atom. The zero-order valence-corrected chi connectivity index (χ0v) is 10.2. The Morgan fingerprint density at radius 2 is 1.61 bits per heavy atom. The lowest BCUT2D eigenvalue weighted by Crippen LogP contribution is -1.90. The van der Waals surface area contributed by atoms with Gasteiger partial charge in [0.05, 0.1) is 0 Å². The van der Waals surface area contributed by atoms with E-state index in [0.29, 0.717) is 5.75 Å². The molecule has 0 aliphatic heterocycles. The van der Waals surface area contributed by atoms with E-state index in [-0.39, 0.29) is 5.92 Å². The number of hydrogen-bond acceptors (Lipinski definition) is 1. The molecule has 0 radical (unpaired) electrons. The maximum atomic E-state index is 9.83. The Labute approximate surface area is 108 Å². The van der Waals surface area contributed by atoms with Crippen LogP contribution in [0.4, 0.5) is 0 Å². The van der Waals surface area contributed by atoms with Gasteiger partial charge in [-0.3, -0.25) is 0 Å². The van der Waals surface area contributed by atoms with Gasteiger partial charge in [-0.15, -0.1) is 6.58 Å². The average molecular weight is 236 g/mol. The minimum atomic E-state index is 0.0198. The van der Waals surface area contributed by atoms with Crippen LogP contribution in [0, 0.1) is 0 Å². The lowest BCUT2D eigenvalue weighted by atomic mass is 9.97. The fourth-order valence-electron chi connectivity index (χ4n) is 1.86. The summed E-state index contributed by atoms with van der Waals surface area (Å²) in [5.41, 5.74) is 2.01. The number of phenolic OH excluding ortho intramolecular Hbond substituents is 1. The summed E-state index contributed by atoms with van der Waals surface area (Å²) in [6, 6.07) is 17.4. The maximum absolute atomic E-state index is 9.83. The highest BCUT2D eigenvalue weighted by Crippen LogP contribution is 2.27. The number of hydrogen-bond donors (Lipinski definition) is 1. The van der Waals surface area contributed by atoms with Crippen molar-refractivity contribution in [3.8, 4) is 5.75 Å². The lowest BCUT2D eigenvalue weighted by Gasteiger charge is -2.09. The highest BCUT2D eigenvalue weighted by Gasteiger charge is 2.07. The fraction of sp³-hybridized carbons (Fsp3) is 0.0588. The minimum Gasteiger partial charge on any atom is -0.508 e. The van der Waals surface area contributed by atoms with E-state index < -0.39 is 0 Å². The van der Waals surface area contributed by atoms with Gasteiger partial charge in [0.2, 0.25) is 0 Å². The van der Waals surface area contributed by atoms with Crippen molar-refractivity contribution in [1.29, 1.82) is 0 Å². The molecule has 0 spiro atoms. The third-order valence-corrected chi connectivity index (χ3v) is 2.85. The summed E-state index contributed by atoms with van der Waals surface area (Å²) >= 11 is 0. The normalized spacial score (nSPS) is 12.4. The van der Waals surface area contributed by atoms with Crippen molar-refractivity contribution in [2.75, 3.05) is 0 Å². The van der Waals surface area contributed by atoms with Crippen LogP contribution >= 0.6 is 0 Å². The first-order chi connectivity index (χ1) is 8.81. The van der Waals surface area contributed by atoms with Gasteiger partial charge in [-0.05, 0) is 11.6 Å². The second kappa shape index (κ2) is 5.87. The second-order valence-corrected chi connectivity index (χ2v) is 4.09. The van der Waals surface area contributed by atoms with E-state index in [4.69, 9.17) is 0 Å². The summed E-state index contributed by atoms with van der Waals surface area (Å²) in [5.74, 6) is 0.325. The van der Waals surface area contributed by atoms with Gasteiger partial charge in [-0.25, -0.2) is 0 Å². The van der Waals surface area contributed by atoms with Crippen LogP contribution in [0.15, 0.2) is 73.3 Å². The topological polar surface area (TPSA) is 20.2 Å². The first kappa shape index (κ1) is 12.2. The molecule has 90 valence electrons. The quantitative estimate of drug-likeness (QED) is 0.781. The summed E-state index contributed by atoms with van der Waals surface area (Å²) in [4.78, 5) is 0. The molecule has 0 aliphatic carbocycles. The van der Waals surface area contributed by atoms with Gasteiger partial charge in [0.1, 0.15) is 5.75 Å². The molecule has 18 heavy (non-hydrogen) atoms. The molecule has 0 saturated carbocycles. The summed E-state index contributed by atoms with van der Waals surface area (Å²) in [6.07, 6.45) is 5.91. The molecule has 0 fully saturated rings. The van der Waals surface area contributed by atoms with Crippen LogP contribution in [0.2, 0.25) is 0 Å². The van der Waals surface area contributed by atoms with Crippen LogP contribution in [0.3, 0.4) is 0 Å². The molecule has 1 unspecified atom stereocenters. The van der Waals surface area contributed by atoms with Crippen LogP contribution in [-0.4, -0.2) is 5.11 Å². The highest BCUT2D eigenvalue weighted by molar-refractivity contribution is 5.52. The Hall–Kier alpha value is -2.28. The molecule has 1 N–H and O–H groups in total.